The van der Waals surface area contributed by atoms with E-state index in [2.05, 4.69) is 43.9 Å². The van der Waals surface area contributed by atoms with Gasteiger partial charge in [-0.15, -0.1) is 0 Å². The first-order chi connectivity index (χ1) is 10.1. The van der Waals surface area contributed by atoms with Crippen LogP contribution >= 0.6 is 0 Å². The molecule has 1 aromatic rings. The SMILES string of the molecule is Cc1ccc(C)c(N2CC[NH+]([C@H]3CCC[C@@H](C)C3)CC2)c1. The van der Waals surface area contributed by atoms with E-state index < -0.39 is 0 Å². The number of rotatable bonds is 2. The van der Waals surface area contributed by atoms with Crippen LogP contribution in [0.15, 0.2) is 18.2 Å². The minimum Gasteiger partial charge on any atom is -0.360 e. The van der Waals surface area contributed by atoms with Crippen LogP contribution in [0.2, 0.25) is 0 Å². The lowest BCUT2D eigenvalue weighted by Gasteiger charge is -2.40. The molecule has 0 radical (unpaired) electrons. The molecular weight excluding hydrogens is 256 g/mol. The molecule has 2 aliphatic rings. The maximum atomic E-state index is 2.61. The van der Waals surface area contributed by atoms with Gasteiger partial charge in [-0.1, -0.05) is 25.5 Å². The van der Waals surface area contributed by atoms with Crippen molar-refractivity contribution in [3.05, 3.63) is 29.3 Å². The predicted octanol–water partition coefficient (Wildman–Crippen LogP) is 2.59. The quantitative estimate of drug-likeness (QED) is 0.878. The molecule has 116 valence electrons. The third-order valence-corrected chi connectivity index (χ3v) is 5.62. The Hall–Kier alpha value is -1.02. The molecule has 0 bridgehead atoms. The number of nitrogens with zero attached hydrogens (tertiary/aromatic N) is 1. The van der Waals surface area contributed by atoms with Gasteiger partial charge in [0.1, 0.15) is 0 Å². The van der Waals surface area contributed by atoms with Gasteiger partial charge in [-0.25, -0.2) is 0 Å². The molecule has 1 saturated heterocycles. The molecule has 0 unspecified atom stereocenters. The molecule has 0 spiro atoms. The van der Waals surface area contributed by atoms with Crippen molar-refractivity contribution in [1.82, 2.24) is 0 Å². The van der Waals surface area contributed by atoms with Gasteiger partial charge in [0.05, 0.1) is 32.2 Å². The number of aryl methyl sites for hydroxylation is 2. The van der Waals surface area contributed by atoms with Crippen molar-refractivity contribution in [1.29, 1.82) is 0 Å². The number of anilines is 1. The Morgan fingerprint density at radius 3 is 2.57 bits per heavy atom. The first-order valence-corrected chi connectivity index (χ1v) is 8.80. The second-order valence-electron chi connectivity index (χ2n) is 7.40. The van der Waals surface area contributed by atoms with Gasteiger partial charge in [-0.3, -0.25) is 0 Å². The van der Waals surface area contributed by atoms with E-state index in [0.717, 1.165) is 12.0 Å². The first-order valence-electron chi connectivity index (χ1n) is 8.80. The molecule has 21 heavy (non-hydrogen) atoms. The van der Waals surface area contributed by atoms with Gasteiger partial charge in [-0.05, 0) is 49.8 Å². The molecule has 1 aliphatic heterocycles. The topological polar surface area (TPSA) is 7.68 Å². The number of nitrogens with one attached hydrogen (secondary N) is 1. The standard InChI is InChI=1S/C19H30N2/c1-15-5-4-6-18(13-15)20-9-11-21(12-10-20)19-14-16(2)7-8-17(19)3/h7-8,14-15,18H,4-6,9-13H2,1-3H3/p+1/t15-,18+/m1/s1. The smallest absolute Gasteiger partial charge is 0.0951 e. The van der Waals surface area contributed by atoms with E-state index in [1.165, 1.54) is 68.7 Å². The van der Waals surface area contributed by atoms with Crippen LogP contribution < -0.4 is 9.80 Å². The van der Waals surface area contributed by atoms with Crippen LogP contribution in [0, 0.1) is 19.8 Å². The summed E-state index contributed by atoms with van der Waals surface area (Å²) in [5.41, 5.74) is 4.27. The van der Waals surface area contributed by atoms with Crippen molar-refractivity contribution in [3.63, 3.8) is 0 Å². The van der Waals surface area contributed by atoms with Gasteiger partial charge >= 0.3 is 0 Å². The predicted molar refractivity (Wildman–Crippen MR) is 90.2 cm³/mol. The van der Waals surface area contributed by atoms with Crippen molar-refractivity contribution < 1.29 is 4.90 Å². The lowest BCUT2D eigenvalue weighted by molar-refractivity contribution is -0.927. The molecule has 2 atom stereocenters. The zero-order valence-corrected chi connectivity index (χ0v) is 14.0. The molecule has 1 N–H and O–H groups in total. The monoisotopic (exact) mass is 287 g/mol. The van der Waals surface area contributed by atoms with Crippen LogP contribution in [0.4, 0.5) is 5.69 Å². The molecule has 2 fully saturated rings. The van der Waals surface area contributed by atoms with Crippen molar-refractivity contribution in [3.8, 4) is 0 Å². The zero-order chi connectivity index (χ0) is 14.8. The number of hydrogen-bond donors (Lipinski definition) is 1. The molecule has 3 rings (SSSR count). The van der Waals surface area contributed by atoms with Gasteiger partial charge in [0, 0.05) is 12.1 Å². The van der Waals surface area contributed by atoms with Gasteiger partial charge < -0.3 is 9.80 Å². The van der Waals surface area contributed by atoms with E-state index >= 15 is 0 Å². The summed E-state index contributed by atoms with van der Waals surface area (Å²) in [4.78, 5) is 4.49. The molecular formula is C19H31N2+. The van der Waals surface area contributed by atoms with Crippen LogP contribution in [-0.2, 0) is 0 Å². The number of quaternary nitrogens is 1. The summed E-state index contributed by atoms with van der Waals surface area (Å²) in [5.74, 6) is 0.952. The Morgan fingerprint density at radius 2 is 1.86 bits per heavy atom. The highest BCUT2D eigenvalue weighted by Gasteiger charge is 2.30. The lowest BCUT2D eigenvalue weighted by atomic mass is 9.86. The van der Waals surface area contributed by atoms with Crippen LogP contribution in [0.25, 0.3) is 0 Å². The molecule has 1 saturated carbocycles. The van der Waals surface area contributed by atoms with Gasteiger partial charge in [0.2, 0.25) is 0 Å². The molecule has 0 aromatic heterocycles. The molecule has 1 aromatic carbocycles. The Balaban J connectivity index is 1.61. The van der Waals surface area contributed by atoms with Crippen molar-refractivity contribution in [2.75, 3.05) is 31.1 Å². The summed E-state index contributed by atoms with van der Waals surface area (Å²) in [6.45, 7) is 12.0. The van der Waals surface area contributed by atoms with Crippen LogP contribution in [-0.4, -0.2) is 32.2 Å². The normalized spacial score (nSPS) is 27.9. The minimum absolute atomic E-state index is 0.939. The van der Waals surface area contributed by atoms with Crippen molar-refractivity contribution >= 4 is 5.69 Å². The highest BCUT2D eigenvalue weighted by molar-refractivity contribution is 5.55. The first kappa shape index (κ1) is 14.9. The summed E-state index contributed by atoms with van der Waals surface area (Å²) in [7, 11) is 0. The Kier molecular flexibility index (Phi) is 4.54. The summed E-state index contributed by atoms with van der Waals surface area (Å²) in [5, 5.41) is 0. The summed E-state index contributed by atoms with van der Waals surface area (Å²) in [6.07, 6.45) is 5.83. The maximum Gasteiger partial charge on any atom is 0.0951 e. The largest absolute Gasteiger partial charge is 0.360 e. The molecule has 0 amide bonds. The average Bonchev–Trinajstić information content (AvgIpc) is 2.50. The maximum absolute atomic E-state index is 2.61. The second-order valence-corrected chi connectivity index (χ2v) is 7.40. The van der Waals surface area contributed by atoms with Crippen molar-refractivity contribution in [2.45, 2.75) is 52.5 Å². The summed E-state index contributed by atoms with van der Waals surface area (Å²) < 4.78 is 0. The average molecular weight is 287 g/mol. The van der Waals surface area contributed by atoms with Gasteiger partial charge in [0.15, 0.2) is 0 Å². The van der Waals surface area contributed by atoms with E-state index in [4.69, 9.17) is 0 Å². The minimum atomic E-state index is 0.939. The Labute approximate surface area is 130 Å². The van der Waals surface area contributed by atoms with Gasteiger partial charge in [0.25, 0.3) is 0 Å². The Morgan fingerprint density at radius 1 is 1.10 bits per heavy atom. The van der Waals surface area contributed by atoms with E-state index in [1.807, 2.05) is 4.90 Å². The summed E-state index contributed by atoms with van der Waals surface area (Å²) >= 11 is 0. The number of hydrogen-bond acceptors (Lipinski definition) is 1. The number of piperazine rings is 1. The zero-order valence-electron chi connectivity index (χ0n) is 14.0. The Bertz CT molecular complexity index is 474. The van der Waals surface area contributed by atoms with Crippen molar-refractivity contribution in [2.24, 2.45) is 5.92 Å². The fourth-order valence-corrected chi connectivity index (χ4v) is 4.31. The second kappa shape index (κ2) is 6.39. The van der Waals surface area contributed by atoms with E-state index in [1.54, 1.807) is 0 Å². The lowest BCUT2D eigenvalue weighted by Crippen LogP contribution is -3.18. The molecule has 2 heteroatoms. The van der Waals surface area contributed by atoms with E-state index in [0.29, 0.717) is 0 Å². The third-order valence-electron chi connectivity index (χ3n) is 5.62. The van der Waals surface area contributed by atoms with Crippen LogP contribution in [0.3, 0.4) is 0 Å². The summed E-state index contributed by atoms with van der Waals surface area (Å²) in [6, 6.07) is 7.80. The highest BCUT2D eigenvalue weighted by Crippen LogP contribution is 2.23. The molecule has 2 nitrogen and oxygen atoms in total. The third kappa shape index (κ3) is 3.42. The molecule has 1 aliphatic carbocycles. The highest BCUT2D eigenvalue weighted by atomic mass is 15.3. The van der Waals surface area contributed by atoms with E-state index in [-0.39, 0.29) is 0 Å². The number of benzene rings is 1. The fourth-order valence-electron chi connectivity index (χ4n) is 4.31. The fraction of sp³-hybridized carbons (Fsp3) is 0.684. The molecule has 1 heterocycles. The van der Waals surface area contributed by atoms with E-state index in [9.17, 15) is 0 Å². The van der Waals surface area contributed by atoms with Gasteiger partial charge in [-0.2, -0.15) is 0 Å². The van der Waals surface area contributed by atoms with Crippen LogP contribution in [0.5, 0.6) is 0 Å². The van der Waals surface area contributed by atoms with Crippen LogP contribution in [0.1, 0.15) is 43.7 Å².